The van der Waals surface area contributed by atoms with Crippen LogP contribution in [0, 0.1) is 13.8 Å². The first kappa shape index (κ1) is 13.1. The van der Waals surface area contributed by atoms with Gasteiger partial charge in [-0.25, -0.2) is 4.98 Å². The number of H-pyrrole nitrogens is 1. The lowest BCUT2D eigenvalue weighted by Crippen LogP contribution is -2.05. The zero-order chi connectivity index (χ0) is 13.3. The fourth-order valence-corrected chi connectivity index (χ4v) is 2.31. The number of ketones is 1. The molecule has 2 rings (SSSR count). The molecule has 0 unspecified atom stereocenters. The van der Waals surface area contributed by atoms with Crippen LogP contribution in [0.4, 0.5) is 0 Å². The van der Waals surface area contributed by atoms with Crippen molar-refractivity contribution in [1.29, 1.82) is 0 Å². The maximum atomic E-state index is 12.1. The van der Waals surface area contributed by atoms with Gasteiger partial charge in [-0.05, 0) is 32.0 Å². The first-order valence-electron chi connectivity index (χ1n) is 5.47. The van der Waals surface area contributed by atoms with E-state index in [1.54, 1.807) is 18.2 Å². The summed E-state index contributed by atoms with van der Waals surface area (Å²) in [4.78, 5) is 19.5. The standard InChI is InChI=1S/C13H12Cl2N2O/c1-7-12(17-8(2)16-7)6-13(18)10-4-3-9(14)5-11(10)15/h3-5H,6H2,1-2H3,(H,16,17). The number of aromatic nitrogens is 2. The summed E-state index contributed by atoms with van der Waals surface area (Å²) < 4.78 is 0. The molecule has 94 valence electrons. The fraction of sp³-hybridized carbons (Fsp3) is 0.231. The summed E-state index contributed by atoms with van der Waals surface area (Å²) in [6.07, 6.45) is 0.234. The number of carbonyl (C=O) groups is 1. The predicted octanol–water partition coefficient (Wildman–Crippen LogP) is 3.76. The van der Waals surface area contributed by atoms with Gasteiger partial charge in [0.2, 0.25) is 0 Å². The van der Waals surface area contributed by atoms with Crippen LogP contribution in [0.15, 0.2) is 18.2 Å². The SMILES string of the molecule is Cc1nc(CC(=O)c2ccc(Cl)cc2Cl)c(C)[nH]1. The van der Waals surface area contributed by atoms with Gasteiger partial charge in [0.15, 0.2) is 5.78 Å². The minimum atomic E-state index is -0.0636. The van der Waals surface area contributed by atoms with Gasteiger partial charge in [0.05, 0.1) is 17.1 Å². The van der Waals surface area contributed by atoms with Crippen molar-refractivity contribution in [3.8, 4) is 0 Å². The first-order chi connectivity index (χ1) is 8.47. The van der Waals surface area contributed by atoms with E-state index >= 15 is 0 Å². The van der Waals surface area contributed by atoms with E-state index in [4.69, 9.17) is 23.2 Å². The lowest BCUT2D eigenvalue weighted by Gasteiger charge is -2.03. The average Bonchev–Trinajstić information content (AvgIpc) is 2.57. The van der Waals surface area contributed by atoms with Gasteiger partial charge >= 0.3 is 0 Å². The van der Waals surface area contributed by atoms with Crippen molar-refractivity contribution in [2.45, 2.75) is 20.3 Å². The van der Waals surface area contributed by atoms with Gasteiger partial charge in [-0.2, -0.15) is 0 Å². The van der Waals surface area contributed by atoms with Crippen LogP contribution in [0.2, 0.25) is 10.0 Å². The summed E-state index contributed by atoms with van der Waals surface area (Å²) >= 11 is 11.8. The molecule has 1 heterocycles. The predicted molar refractivity (Wildman–Crippen MR) is 72.6 cm³/mol. The summed E-state index contributed by atoms with van der Waals surface area (Å²) in [6.45, 7) is 3.75. The minimum Gasteiger partial charge on any atom is -0.346 e. The molecule has 0 aliphatic heterocycles. The summed E-state index contributed by atoms with van der Waals surface area (Å²) in [7, 11) is 0. The van der Waals surface area contributed by atoms with Crippen molar-refractivity contribution in [3.05, 3.63) is 51.0 Å². The Bertz CT molecular complexity index is 605. The maximum absolute atomic E-state index is 12.1. The Morgan fingerprint density at radius 1 is 1.33 bits per heavy atom. The third-order valence-electron chi connectivity index (χ3n) is 2.66. The number of nitrogens with zero attached hydrogens (tertiary/aromatic N) is 1. The summed E-state index contributed by atoms with van der Waals surface area (Å²) in [6, 6.07) is 4.87. The quantitative estimate of drug-likeness (QED) is 0.872. The number of aryl methyl sites for hydroxylation is 2. The van der Waals surface area contributed by atoms with E-state index in [0.717, 1.165) is 17.2 Å². The Hall–Kier alpha value is -1.32. The van der Waals surface area contributed by atoms with E-state index in [0.29, 0.717) is 15.6 Å². The van der Waals surface area contributed by atoms with E-state index in [1.807, 2.05) is 13.8 Å². The summed E-state index contributed by atoms with van der Waals surface area (Å²) in [5.41, 5.74) is 2.13. The van der Waals surface area contributed by atoms with E-state index in [9.17, 15) is 4.79 Å². The highest BCUT2D eigenvalue weighted by molar-refractivity contribution is 6.36. The van der Waals surface area contributed by atoms with Crippen molar-refractivity contribution >= 4 is 29.0 Å². The molecule has 1 N–H and O–H groups in total. The zero-order valence-corrected chi connectivity index (χ0v) is 11.6. The van der Waals surface area contributed by atoms with Crippen LogP contribution in [0.3, 0.4) is 0 Å². The third-order valence-corrected chi connectivity index (χ3v) is 3.21. The third kappa shape index (κ3) is 2.74. The Morgan fingerprint density at radius 2 is 2.06 bits per heavy atom. The highest BCUT2D eigenvalue weighted by Crippen LogP contribution is 2.22. The molecule has 0 saturated carbocycles. The molecule has 0 aliphatic rings. The molecule has 0 radical (unpaired) electrons. The molecule has 3 nitrogen and oxygen atoms in total. The van der Waals surface area contributed by atoms with E-state index in [1.165, 1.54) is 0 Å². The van der Waals surface area contributed by atoms with E-state index in [2.05, 4.69) is 9.97 Å². The van der Waals surface area contributed by atoms with Crippen LogP contribution >= 0.6 is 23.2 Å². The molecular weight excluding hydrogens is 271 g/mol. The maximum Gasteiger partial charge on any atom is 0.170 e. The molecule has 0 saturated heterocycles. The van der Waals surface area contributed by atoms with Gasteiger partial charge in [0.1, 0.15) is 5.82 Å². The van der Waals surface area contributed by atoms with Crippen molar-refractivity contribution in [3.63, 3.8) is 0 Å². The number of benzene rings is 1. The van der Waals surface area contributed by atoms with Crippen molar-refractivity contribution in [2.75, 3.05) is 0 Å². The second-order valence-corrected chi connectivity index (χ2v) is 4.96. The number of hydrogen-bond donors (Lipinski definition) is 1. The lowest BCUT2D eigenvalue weighted by atomic mass is 10.1. The topological polar surface area (TPSA) is 45.8 Å². The highest BCUT2D eigenvalue weighted by Gasteiger charge is 2.14. The largest absolute Gasteiger partial charge is 0.346 e. The number of carbonyl (C=O) groups excluding carboxylic acids is 1. The monoisotopic (exact) mass is 282 g/mol. The average molecular weight is 283 g/mol. The highest BCUT2D eigenvalue weighted by atomic mass is 35.5. The minimum absolute atomic E-state index is 0.0636. The number of rotatable bonds is 3. The first-order valence-corrected chi connectivity index (χ1v) is 6.23. The van der Waals surface area contributed by atoms with Gasteiger partial charge in [0.25, 0.3) is 0 Å². The van der Waals surface area contributed by atoms with Crippen LogP contribution < -0.4 is 0 Å². The van der Waals surface area contributed by atoms with Gasteiger partial charge in [-0.1, -0.05) is 23.2 Å². The molecule has 0 bridgehead atoms. The van der Waals surface area contributed by atoms with Crippen LogP contribution in [0.5, 0.6) is 0 Å². The smallest absolute Gasteiger partial charge is 0.170 e. The van der Waals surface area contributed by atoms with Crippen LogP contribution in [0.1, 0.15) is 27.6 Å². The molecule has 1 aromatic heterocycles. The molecule has 0 fully saturated rings. The number of nitrogens with one attached hydrogen (secondary N) is 1. The van der Waals surface area contributed by atoms with Gasteiger partial charge in [-0.15, -0.1) is 0 Å². The van der Waals surface area contributed by atoms with Crippen molar-refractivity contribution < 1.29 is 4.79 Å². The van der Waals surface area contributed by atoms with E-state index in [-0.39, 0.29) is 12.2 Å². The van der Waals surface area contributed by atoms with Gasteiger partial charge in [0, 0.05) is 16.3 Å². The number of hydrogen-bond acceptors (Lipinski definition) is 2. The van der Waals surface area contributed by atoms with Gasteiger partial charge < -0.3 is 4.98 Å². The molecular formula is C13H12Cl2N2O. The normalized spacial score (nSPS) is 10.7. The van der Waals surface area contributed by atoms with Gasteiger partial charge in [-0.3, -0.25) is 4.79 Å². The fourth-order valence-electron chi connectivity index (χ4n) is 1.79. The molecule has 18 heavy (non-hydrogen) atoms. The molecule has 2 aromatic rings. The second-order valence-electron chi connectivity index (χ2n) is 4.12. The number of Topliss-reactive ketones (excluding diaryl/α,β-unsaturated/α-hetero) is 1. The molecule has 0 aliphatic carbocycles. The Labute approximate surface area is 115 Å². The molecule has 0 atom stereocenters. The zero-order valence-electron chi connectivity index (χ0n) is 10.1. The second kappa shape index (κ2) is 5.12. The summed E-state index contributed by atoms with van der Waals surface area (Å²) in [5.74, 6) is 0.740. The Balaban J connectivity index is 2.24. The molecule has 5 heteroatoms. The molecule has 0 amide bonds. The molecule has 1 aromatic carbocycles. The Morgan fingerprint density at radius 3 is 2.61 bits per heavy atom. The van der Waals surface area contributed by atoms with Crippen LogP contribution in [-0.4, -0.2) is 15.8 Å². The van der Waals surface area contributed by atoms with Crippen molar-refractivity contribution in [1.82, 2.24) is 9.97 Å². The van der Waals surface area contributed by atoms with Crippen molar-refractivity contribution in [2.24, 2.45) is 0 Å². The number of aromatic amines is 1. The van der Waals surface area contributed by atoms with Crippen LogP contribution in [-0.2, 0) is 6.42 Å². The van der Waals surface area contributed by atoms with Crippen LogP contribution in [0.25, 0.3) is 0 Å². The summed E-state index contributed by atoms with van der Waals surface area (Å²) in [5, 5.41) is 0.890. The molecule has 0 spiro atoms. The number of imidazole rings is 1. The number of halogens is 2. The van der Waals surface area contributed by atoms with E-state index < -0.39 is 0 Å². The Kier molecular flexibility index (Phi) is 3.73. The lowest BCUT2D eigenvalue weighted by molar-refractivity contribution is 0.0992.